The Balaban J connectivity index is 1.91. The van der Waals surface area contributed by atoms with E-state index in [9.17, 15) is 4.79 Å². The third kappa shape index (κ3) is 4.75. The predicted molar refractivity (Wildman–Crippen MR) is 85.4 cm³/mol. The summed E-state index contributed by atoms with van der Waals surface area (Å²) < 4.78 is 0. The number of hydrogen-bond donors (Lipinski definition) is 2. The van der Waals surface area contributed by atoms with Crippen LogP contribution in [0.1, 0.15) is 20.3 Å². The molecule has 0 spiro atoms. The first-order valence-corrected chi connectivity index (χ1v) is 8.05. The van der Waals surface area contributed by atoms with Gasteiger partial charge >= 0.3 is 0 Å². The Kier molecular flexibility index (Phi) is 5.64. The van der Waals surface area contributed by atoms with Crippen molar-refractivity contribution in [3.63, 3.8) is 0 Å². The predicted octanol–water partition coefficient (Wildman–Crippen LogP) is 3.13. The van der Waals surface area contributed by atoms with Gasteiger partial charge in [0.05, 0.1) is 5.75 Å². The van der Waals surface area contributed by atoms with Crippen LogP contribution in [0.2, 0.25) is 5.02 Å². The van der Waals surface area contributed by atoms with E-state index in [0.717, 1.165) is 12.0 Å². The van der Waals surface area contributed by atoms with Gasteiger partial charge in [0.25, 0.3) is 0 Å². The normalized spacial score (nSPS) is 12.1. The lowest BCUT2D eigenvalue weighted by molar-refractivity contribution is -0.119. The van der Waals surface area contributed by atoms with Gasteiger partial charge in [-0.2, -0.15) is 0 Å². The van der Waals surface area contributed by atoms with Gasteiger partial charge in [-0.1, -0.05) is 30.3 Å². The van der Waals surface area contributed by atoms with Crippen molar-refractivity contribution in [3.05, 3.63) is 29.3 Å². The molecule has 5 nitrogen and oxygen atoms in total. The molecular formula is C14H17ClN4OS. The van der Waals surface area contributed by atoms with Crippen molar-refractivity contribution in [1.82, 2.24) is 20.5 Å². The van der Waals surface area contributed by atoms with Crippen LogP contribution in [0.25, 0.3) is 11.4 Å². The minimum absolute atomic E-state index is 0.00723. The van der Waals surface area contributed by atoms with Crippen LogP contribution in [-0.4, -0.2) is 32.9 Å². The summed E-state index contributed by atoms with van der Waals surface area (Å²) in [5.41, 5.74) is 0.905. The summed E-state index contributed by atoms with van der Waals surface area (Å²) in [6.45, 7) is 4.01. The lowest BCUT2D eigenvalue weighted by atomic mass is 10.2. The zero-order valence-corrected chi connectivity index (χ0v) is 13.5. The highest BCUT2D eigenvalue weighted by Gasteiger charge is 2.10. The highest BCUT2D eigenvalue weighted by atomic mass is 35.5. The van der Waals surface area contributed by atoms with E-state index in [1.54, 1.807) is 12.1 Å². The minimum Gasteiger partial charge on any atom is -0.353 e. The average Bonchev–Trinajstić information content (AvgIpc) is 2.94. The summed E-state index contributed by atoms with van der Waals surface area (Å²) in [6.07, 6.45) is 0.914. The van der Waals surface area contributed by atoms with Crippen LogP contribution in [-0.2, 0) is 4.79 Å². The summed E-state index contributed by atoms with van der Waals surface area (Å²) in [4.78, 5) is 16.0. The first kappa shape index (κ1) is 15.9. The topological polar surface area (TPSA) is 70.7 Å². The van der Waals surface area contributed by atoms with Gasteiger partial charge in [-0.3, -0.25) is 9.89 Å². The maximum Gasteiger partial charge on any atom is 0.230 e. The van der Waals surface area contributed by atoms with Crippen molar-refractivity contribution >= 4 is 29.3 Å². The maximum atomic E-state index is 11.7. The molecule has 0 aliphatic carbocycles. The Bertz CT molecular complexity index is 599. The standard InChI is InChI=1S/C14H17ClN4OS/c1-3-9(2)16-12(20)8-21-14-17-13(18-19-14)10-4-6-11(15)7-5-10/h4-7,9H,3,8H2,1-2H3,(H,16,20)(H,17,18,19). The fourth-order valence-electron chi connectivity index (χ4n) is 1.60. The third-order valence-corrected chi connectivity index (χ3v) is 4.03. The molecule has 2 aromatic rings. The van der Waals surface area contributed by atoms with Gasteiger partial charge < -0.3 is 5.32 Å². The summed E-state index contributed by atoms with van der Waals surface area (Å²) >= 11 is 7.16. The second kappa shape index (κ2) is 7.47. The molecule has 2 N–H and O–H groups in total. The molecule has 1 heterocycles. The molecule has 1 unspecified atom stereocenters. The molecule has 0 fully saturated rings. The number of H-pyrrole nitrogens is 1. The molecule has 0 radical (unpaired) electrons. The SMILES string of the molecule is CCC(C)NC(=O)CSc1n[nH]c(-c2ccc(Cl)cc2)n1. The van der Waals surface area contributed by atoms with E-state index in [4.69, 9.17) is 11.6 Å². The number of carbonyl (C=O) groups excluding carboxylic acids is 1. The van der Waals surface area contributed by atoms with Gasteiger partial charge in [0, 0.05) is 16.6 Å². The van der Waals surface area contributed by atoms with Gasteiger partial charge in [0.15, 0.2) is 5.82 Å². The van der Waals surface area contributed by atoms with Crippen LogP contribution in [0.5, 0.6) is 0 Å². The number of amides is 1. The fraction of sp³-hybridized carbons (Fsp3) is 0.357. The van der Waals surface area contributed by atoms with Crippen LogP contribution < -0.4 is 5.32 Å². The van der Waals surface area contributed by atoms with Crippen molar-refractivity contribution in [1.29, 1.82) is 0 Å². The highest BCUT2D eigenvalue weighted by Crippen LogP contribution is 2.20. The number of nitrogens with zero attached hydrogens (tertiary/aromatic N) is 2. The van der Waals surface area contributed by atoms with Crippen LogP contribution in [0.4, 0.5) is 0 Å². The Labute approximate surface area is 132 Å². The molecule has 0 saturated carbocycles. The average molecular weight is 325 g/mol. The monoisotopic (exact) mass is 324 g/mol. The molecule has 0 bridgehead atoms. The van der Waals surface area contributed by atoms with Gasteiger partial charge in [-0.05, 0) is 37.6 Å². The Morgan fingerprint density at radius 3 is 2.81 bits per heavy atom. The van der Waals surface area contributed by atoms with E-state index >= 15 is 0 Å². The van der Waals surface area contributed by atoms with Crippen molar-refractivity contribution in [2.45, 2.75) is 31.5 Å². The first-order valence-electron chi connectivity index (χ1n) is 6.69. The number of aromatic amines is 1. The zero-order chi connectivity index (χ0) is 15.2. The lowest BCUT2D eigenvalue weighted by Gasteiger charge is -2.09. The van der Waals surface area contributed by atoms with Crippen LogP contribution in [0.15, 0.2) is 29.4 Å². The number of aromatic nitrogens is 3. The number of thioether (sulfide) groups is 1. The molecule has 1 atom stereocenters. The number of benzene rings is 1. The third-order valence-electron chi connectivity index (χ3n) is 2.93. The van der Waals surface area contributed by atoms with Gasteiger partial charge in [-0.15, -0.1) is 5.10 Å². The number of halogens is 1. The zero-order valence-electron chi connectivity index (χ0n) is 11.9. The second-order valence-corrected chi connectivity index (χ2v) is 6.02. The number of hydrogen-bond acceptors (Lipinski definition) is 4. The molecule has 2 rings (SSSR count). The Morgan fingerprint density at radius 2 is 2.14 bits per heavy atom. The maximum absolute atomic E-state index is 11.7. The van der Waals surface area contributed by atoms with E-state index in [-0.39, 0.29) is 11.9 Å². The van der Waals surface area contributed by atoms with E-state index in [2.05, 4.69) is 20.5 Å². The molecule has 1 aromatic carbocycles. The molecule has 21 heavy (non-hydrogen) atoms. The first-order chi connectivity index (χ1) is 10.1. The van der Waals surface area contributed by atoms with Crippen LogP contribution >= 0.6 is 23.4 Å². The molecule has 0 saturated heterocycles. The van der Waals surface area contributed by atoms with Gasteiger partial charge in [0.1, 0.15) is 0 Å². The Morgan fingerprint density at radius 1 is 1.43 bits per heavy atom. The smallest absolute Gasteiger partial charge is 0.230 e. The van der Waals surface area contributed by atoms with Gasteiger partial charge in [0.2, 0.25) is 11.1 Å². The fourth-order valence-corrected chi connectivity index (χ4v) is 2.33. The highest BCUT2D eigenvalue weighted by molar-refractivity contribution is 7.99. The van der Waals surface area contributed by atoms with Crippen LogP contribution in [0.3, 0.4) is 0 Å². The van der Waals surface area contributed by atoms with Crippen molar-refractivity contribution < 1.29 is 4.79 Å². The number of rotatable bonds is 6. The van der Waals surface area contributed by atoms with E-state index < -0.39 is 0 Å². The molecule has 112 valence electrons. The van der Waals surface area contributed by atoms with Crippen molar-refractivity contribution in [2.75, 3.05) is 5.75 Å². The van der Waals surface area contributed by atoms with Crippen LogP contribution in [0, 0.1) is 0 Å². The quantitative estimate of drug-likeness (QED) is 0.801. The summed E-state index contributed by atoms with van der Waals surface area (Å²) in [5.74, 6) is 0.964. The number of nitrogens with one attached hydrogen (secondary N) is 2. The molecular weight excluding hydrogens is 308 g/mol. The Hall–Kier alpha value is -1.53. The number of carbonyl (C=O) groups is 1. The lowest BCUT2D eigenvalue weighted by Crippen LogP contribution is -2.33. The summed E-state index contributed by atoms with van der Waals surface area (Å²) in [7, 11) is 0. The molecule has 7 heteroatoms. The van der Waals surface area contributed by atoms with E-state index in [0.29, 0.717) is 21.8 Å². The summed E-state index contributed by atoms with van der Waals surface area (Å²) in [5, 5.41) is 11.1. The molecule has 1 amide bonds. The van der Waals surface area contributed by atoms with Crippen molar-refractivity contribution in [3.8, 4) is 11.4 Å². The largest absolute Gasteiger partial charge is 0.353 e. The molecule has 0 aliphatic heterocycles. The molecule has 1 aromatic heterocycles. The van der Waals surface area contributed by atoms with Gasteiger partial charge in [-0.25, -0.2) is 4.98 Å². The summed E-state index contributed by atoms with van der Waals surface area (Å²) in [6, 6.07) is 7.52. The molecule has 0 aliphatic rings. The second-order valence-electron chi connectivity index (χ2n) is 4.64. The van der Waals surface area contributed by atoms with Crippen molar-refractivity contribution in [2.24, 2.45) is 0 Å². The van der Waals surface area contributed by atoms with E-state index in [1.807, 2.05) is 26.0 Å². The van der Waals surface area contributed by atoms with E-state index in [1.165, 1.54) is 11.8 Å². The minimum atomic E-state index is -0.00723.